The summed E-state index contributed by atoms with van der Waals surface area (Å²) in [7, 11) is 0. The Bertz CT molecular complexity index is 616. The van der Waals surface area contributed by atoms with Crippen LogP contribution in [0.15, 0.2) is 30.7 Å². The van der Waals surface area contributed by atoms with E-state index >= 15 is 0 Å². The van der Waals surface area contributed by atoms with Crippen LogP contribution in [0.5, 0.6) is 0 Å². The Morgan fingerprint density at radius 2 is 2.35 bits per heavy atom. The number of rotatable bonds is 1. The highest BCUT2D eigenvalue weighted by Gasteiger charge is 2.00. The summed E-state index contributed by atoms with van der Waals surface area (Å²) in [4.78, 5) is 19.3. The number of carbonyl (C=O) groups excluding carboxylic acids is 1. The molecule has 0 saturated carbocycles. The predicted molar refractivity (Wildman–Crippen MR) is 66.7 cm³/mol. The summed E-state index contributed by atoms with van der Waals surface area (Å²) < 4.78 is 0. The molecular weight excluding hydrogens is 238 g/mol. The Balaban J connectivity index is 2.22. The first-order chi connectivity index (χ1) is 8.29. The van der Waals surface area contributed by atoms with Gasteiger partial charge in [0.05, 0.1) is 11.4 Å². The topological polar surface area (TPSA) is 54.9 Å². The zero-order valence-electron chi connectivity index (χ0n) is 8.77. The summed E-state index contributed by atoms with van der Waals surface area (Å²) in [6.45, 7) is 0. The number of amides is 1. The molecule has 2 aromatic rings. The summed E-state index contributed by atoms with van der Waals surface area (Å²) in [5, 5.41) is 3.50. The van der Waals surface area contributed by atoms with Crippen LogP contribution in [0.1, 0.15) is 0 Å². The molecule has 1 aromatic carbocycles. The van der Waals surface area contributed by atoms with E-state index in [2.05, 4.69) is 27.1 Å². The number of hydrogen-bond acceptors (Lipinski definition) is 3. The van der Waals surface area contributed by atoms with Gasteiger partial charge in [0, 0.05) is 17.3 Å². The molecule has 0 atom stereocenters. The maximum absolute atomic E-state index is 11.3. The van der Waals surface area contributed by atoms with Gasteiger partial charge in [0.25, 0.3) is 5.91 Å². The summed E-state index contributed by atoms with van der Waals surface area (Å²) in [5.41, 5.74) is 1.48. The fraction of sp³-hybridized carbons (Fsp3) is 0.0833. The van der Waals surface area contributed by atoms with Crippen molar-refractivity contribution >= 4 is 34.1 Å². The zero-order valence-corrected chi connectivity index (χ0v) is 9.53. The van der Waals surface area contributed by atoms with Gasteiger partial charge in [-0.3, -0.25) is 4.79 Å². The van der Waals surface area contributed by atoms with Gasteiger partial charge in [-0.2, -0.15) is 0 Å². The van der Waals surface area contributed by atoms with Crippen molar-refractivity contribution in [2.24, 2.45) is 0 Å². The predicted octanol–water partition coefficient (Wildman–Crippen LogP) is 1.81. The molecule has 1 amide bonds. The Kier molecular flexibility index (Phi) is 3.53. The first-order valence-corrected chi connectivity index (χ1v) is 5.38. The molecule has 0 spiro atoms. The molecular formula is C12H8ClN3O. The van der Waals surface area contributed by atoms with Gasteiger partial charge in [-0.05, 0) is 24.1 Å². The van der Waals surface area contributed by atoms with Crippen LogP contribution in [0, 0.1) is 11.8 Å². The number of hydrogen-bond donors (Lipinski definition) is 1. The lowest BCUT2D eigenvalue weighted by atomic mass is 10.2. The molecule has 17 heavy (non-hydrogen) atoms. The Morgan fingerprint density at radius 1 is 1.47 bits per heavy atom. The second-order valence-corrected chi connectivity index (χ2v) is 3.45. The van der Waals surface area contributed by atoms with E-state index in [0.29, 0.717) is 5.69 Å². The third kappa shape index (κ3) is 2.92. The number of carbonyl (C=O) groups is 1. The summed E-state index contributed by atoms with van der Waals surface area (Å²) in [6, 6.07) is 5.35. The molecule has 2 rings (SSSR count). The van der Waals surface area contributed by atoms with E-state index in [1.165, 1.54) is 6.33 Å². The molecule has 0 aliphatic rings. The normalized spacial score (nSPS) is 9.47. The van der Waals surface area contributed by atoms with E-state index in [4.69, 9.17) is 11.6 Å². The van der Waals surface area contributed by atoms with Crippen molar-refractivity contribution in [2.75, 3.05) is 11.2 Å². The molecule has 1 heterocycles. The highest BCUT2D eigenvalue weighted by molar-refractivity contribution is 6.20. The van der Waals surface area contributed by atoms with Crippen LogP contribution in [-0.2, 0) is 4.79 Å². The molecule has 1 aromatic heterocycles. The summed E-state index contributed by atoms with van der Waals surface area (Å²) in [5.74, 6) is 4.60. The lowest BCUT2D eigenvalue weighted by Gasteiger charge is -2.02. The van der Waals surface area contributed by atoms with Crippen LogP contribution < -0.4 is 5.32 Å². The van der Waals surface area contributed by atoms with E-state index in [-0.39, 0.29) is 11.8 Å². The monoisotopic (exact) mass is 245 g/mol. The van der Waals surface area contributed by atoms with Crippen molar-refractivity contribution in [1.82, 2.24) is 9.97 Å². The molecule has 5 heteroatoms. The van der Waals surface area contributed by atoms with Crippen molar-refractivity contribution in [1.29, 1.82) is 0 Å². The Hall–Kier alpha value is -2.12. The van der Waals surface area contributed by atoms with E-state index in [1.54, 1.807) is 18.3 Å². The average molecular weight is 246 g/mol. The average Bonchev–Trinajstić information content (AvgIpc) is 2.36. The minimum Gasteiger partial charge on any atom is -0.315 e. The minimum absolute atomic E-state index is 0.138. The fourth-order valence-corrected chi connectivity index (χ4v) is 1.41. The standard InChI is InChI=1S/C12H8ClN3O/c13-5-1-2-12(17)16-10-3-4-11-9(6-10)7-14-8-15-11/h3-4,6-8H,5H2,(H,16,17). The van der Waals surface area contributed by atoms with Gasteiger partial charge in [-0.15, -0.1) is 11.6 Å². The number of nitrogens with one attached hydrogen (secondary N) is 1. The Labute approximate surface area is 103 Å². The molecule has 0 bridgehead atoms. The van der Waals surface area contributed by atoms with Crippen LogP contribution in [0.4, 0.5) is 5.69 Å². The number of nitrogens with zero attached hydrogens (tertiary/aromatic N) is 2. The van der Waals surface area contributed by atoms with Crippen LogP contribution in [0.3, 0.4) is 0 Å². The third-order valence-electron chi connectivity index (χ3n) is 2.03. The van der Waals surface area contributed by atoms with E-state index in [9.17, 15) is 4.79 Å². The van der Waals surface area contributed by atoms with Gasteiger partial charge >= 0.3 is 0 Å². The second kappa shape index (κ2) is 5.28. The minimum atomic E-state index is -0.387. The number of fused-ring (bicyclic) bond motifs is 1. The summed E-state index contributed by atoms with van der Waals surface area (Å²) in [6.07, 6.45) is 3.16. The van der Waals surface area contributed by atoms with Crippen molar-refractivity contribution in [3.05, 3.63) is 30.7 Å². The molecule has 1 N–H and O–H groups in total. The number of benzene rings is 1. The molecule has 84 valence electrons. The van der Waals surface area contributed by atoms with E-state index < -0.39 is 0 Å². The van der Waals surface area contributed by atoms with Gasteiger partial charge in [-0.1, -0.05) is 5.92 Å². The molecule has 0 aliphatic carbocycles. The summed E-state index contributed by atoms with van der Waals surface area (Å²) >= 11 is 5.36. The lowest BCUT2D eigenvalue weighted by molar-refractivity contribution is -0.111. The van der Waals surface area contributed by atoms with Crippen LogP contribution >= 0.6 is 11.6 Å². The van der Waals surface area contributed by atoms with Crippen LogP contribution in [0.2, 0.25) is 0 Å². The first-order valence-electron chi connectivity index (χ1n) is 4.85. The molecule has 0 radical (unpaired) electrons. The number of halogens is 1. The van der Waals surface area contributed by atoms with Crippen LogP contribution in [0.25, 0.3) is 10.9 Å². The van der Waals surface area contributed by atoms with E-state index in [0.717, 1.165) is 10.9 Å². The van der Waals surface area contributed by atoms with Gasteiger partial charge in [0.1, 0.15) is 6.33 Å². The highest BCUT2D eigenvalue weighted by atomic mass is 35.5. The molecule has 0 fully saturated rings. The van der Waals surface area contributed by atoms with Crippen molar-refractivity contribution in [3.8, 4) is 11.8 Å². The quantitative estimate of drug-likeness (QED) is 0.616. The van der Waals surface area contributed by atoms with Gasteiger partial charge in [0.2, 0.25) is 0 Å². The maximum Gasteiger partial charge on any atom is 0.300 e. The highest BCUT2D eigenvalue weighted by Crippen LogP contribution is 2.15. The fourth-order valence-electron chi connectivity index (χ4n) is 1.34. The van der Waals surface area contributed by atoms with E-state index in [1.807, 2.05) is 6.07 Å². The van der Waals surface area contributed by atoms with Crippen LogP contribution in [-0.4, -0.2) is 21.8 Å². The zero-order chi connectivity index (χ0) is 12.1. The molecule has 0 aliphatic heterocycles. The number of anilines is 1. The maximum atomic E-state index is 11.3. The second-order valence-electron chi connectivity index (χ2n) is 3.19. The number of aromatic nitrogens is 2. The largest absolute Gasteiger partial charge is 0.315 e. The van der Waals surface area contributed by atoms with Gasteiger partial charge in [0.15, 0.2) is 0 Å². The lowest BCUT2D eigenvalue weighted by Crippen LogP contribution is -2.08. The number of alkyl halides is 1. The van der Waals surface area contributed by atoms with Crippen molar-refractivity contribution in [3.63, 3.8) is 0 Å². The molecule has 0 unspecified atom stereocenters. The molecule has 4 nitrogen and oxygen atoms in total. The van der Waals surface area contributed by atoms with Gasteiger partial charge < -0.3 is 5.32 Å². The van der Waals surface area contributed by atoms with Crippen molar-refractivity contribution < 1.29 is 4.79 Å². The SMILES string of the molecule is O=C(C#CCCl)Nc1ccc2ncncc2c1. The Morgan fingerprint density at radius 3 is 3.18 bits per heavy atom. The van der Waals surface area contributed by atoms with Gasteiger partial charge in [-0.25, -0.2) is 9.97 Å². The van der Waals surface area contributed by atoms with Crippen molar-refractivity contribution in [2.45, 2.75) is 0 Å². The molecule has 0 saturated heterocycles. The first kappa shape index (κ1) is 11.4. The third-order valence-corrected chi connectivity index (χ3v) is 2.16. The smallest absolute Gasteiger partial charge is 0.300 e.